The average Bonchev–Trinajstić information content (AvgIpc) is 2.86. The van der Waals surface area contributed by atoms with Crippen LogP contribution in [0.5, 0.6) is 0 Å². The van der Waals surface area contributed by atoms with Crippen molar-refractivity contribution in [3.8, 4) is 0 Å². The lowest BCUT2D eigenvalue weighted by molar-refractivity contribution is -0.122. The molecule has 1 unspecified atom stereocenters. The van der Waals surface area contributed by atoms with Crippen LogP contribution < -0.4 is 10.6 Å². The Balaban J connectivity index is 2.21. The van der Waals surface area contributed by atoms with E-state index in [2.05, 4.69) is 10.6 Å². The number of rotatable bonds is 3. The maximum atomic E-state index is 13.5. The topological polar surface area (TPSA) is 41.1 Å². The molecule has 1 heterocycles. The van der Waals surface area contributed by atoms with Crippen LogP contribution in [-0.2, 0) is 4.79 Å². The first kappa shape index (κ1) is 13.9. The van der Waals surface area contributed by atoms with Crippen LogP contribution in [0, 0.1) is 17.5 Å². The zero-order valence-corrected chi connectivity index (χ0v) is 10.5. The Hall–Kier alpha value is -1.56. The molecule has 1 atom stereocenters. The van der Waals surface area contributed by atoms with Gasteiger partial charge in [0.05, 0.1) is 11.2 Å². The van der Waals surface area contributed by atoms with Gasteiger partial charge in [0, 0.05) is 12.1 Å². The summed E-state index contributed by atoms with van der Waals surface area (Å²) in [6.45, 7) is 2.56. The summed E-state index contributed by atoms with van der Waals surface area (Å²) >= 11 is 0. The van der Waals surface area contributed by atoms with Crippen molar-refractivity contribution in [3.05, 3.63) is 29.6 Å². The number of anilines is 1. The molecule has 19 heavy (non-hydrogen) atoms. The molecule has 104 valence electrons. The minimum absolute atomic E-state index is 0.342. The molecule has 1 aliphatic rings. The predicted molar refractivity (Wildman–Crippen MR) is 65.2 cm³/mol. The summed E-state index contributed by atoms with van der Waals surface area (Å²) in [6, 6.07) is 1.08. The molecule has 0 aliphatic carbocycles. The number of halogens is 3. The van der Waals surface area contributed by atoms with Crippen LogP contribution in [0.15, 0.2) is 12.1 Å². The van der Waals surface area contributed by atoms with Crippen molar-refractivity contribution < 1.29 is 18.0 Å². The highest BCUT2D eigenvalue weighted by Crippen LogP contribution is 2.26. The van der Waals surface area contributed by atoms with Gasteiger partial charge in [0.2, 0.25) is 5.91 Å². The van der Waals surface area contributed by atoms with Gasteiger partial charge < -0.3 is 10.6 Å². The van der Waals surface area contributed by atoms with Crippen LogP contribution in [-0.4, -0.2) is 18.0 Å². The lowest BCUT2D eigenvalue weighted by atomic mass is 9.93. The molecule has 1 aliphatic heterocycles. The molecule has 0 radical (unpaired) electrons. The van der Waals surface area contributed by atoms with Gasteiger partial charge in [-0.25, -0.2) is 13.2 Å². The summed E-state index contributed by atoms with van der Waals surface area (Å²) in [5.41, 5.74) is -1.09. The maximum Gasteiger partial charge on any atom is 0.244 e. The summed E-state index contributed by atoms with van der Waals surface area (Å²) in [6.07, 6.45) is 2.03. The van der Waals surface area contributed by atoms with Crippen LogP contribution in [0.1, 0.15) is 26.2 Å². The smallest absolute Gasteiger partial charge is 0.244 e. The van der Waals surface area contributed by atoms with Crippen LogP contribution >= 0.6 is 0 Å². The van der Waals surface area contributed by atoms with E-state index in [1.807, 2.05) is 6.92 Å². The first-order valence-electron chi connectivity index (χ1n) is 6.19. The van der Waals surface area contributed by atoms with E-state index in [0.29, 0.717) is 31.5 Å². The van der Waals surface area contributed by atoms with Gasteiger partial charge in [0.15, 0.2) is 11.6 Å². The third-order valence-electron chi connectivity index (χ3n) is 3.54. The fourth-order valence-corrected chi connectivity index (χ4v) is 2.32. The van der Waals surface area contributed by atoms with Crippen LogP contribution in [0.25, 0.3) is 0 Å². The number of benzene rings is 1. The van der Waals surface area contributed by atoms with E-state index in [4.69, 9.17) is 0 Å². The van der Waals surface area contributed by atoms with E-state index in [9.17, 15) is 18.0 Å². The lowest BCUT2D eigenvalue weighted by Gasteiger charge is -2.26. The number of nitrogens with one attached hydrogen (secondary N) is 2. The van der Waals surface area contributed by atoms with Gasteiger partial charge in [0.25, 0.3) is 0 Å². The largest absolute Gasteiger partial charge is 0.322 e. The Morgan fingerprint density at radius 1 is 1.32 bits per heavy atom. The molecule has 0 bridgehead atoms. The highest BCUT2D eigenvalue weighted by atomic mass is 19.2. The van der Waals surface area contributed by atoms with Crippen molar-refractivity contribution in [2.45, 2.75) is 31.7 Å². The Bertz CT molecular complexity index is 499. The van der Waals surface area contributed by atoms with Crippen LogP contribution in [0.4, 0.5) is 18.9 Å². The molecule has 1 aromatic rings. The summed E-state index contributed by atoms with van der Waals surface area (Å²) in [7, 11) is 0. The monoisotopic (exact) mass is 272 g/mol. The van der Waals surface area contributed by atoms with Crippen molar-refractivity contribution >= 4 is 11.6 Å². The van der Waals surface area contributed by atoms with Gasteiger partial charge >= 0.3 is 0 Å². The molecule has 0 saturated carbocycles. The van der Waals surface area contributed by atoms with Gasteiger partial charge in [-0.2, -0.15) is 0 Å². The second kappa shape index (κ2) is 5.21. The fraction of sp³-hybridized carbons (Fsp3) is 0.462. The molecule has 6 heteroatoms. The van der Waals surface area contributed by atoms with Gasteiger partial charge in [-0.05, 0) is 25.8 Å². The van der Waals surface area contributed by atoms with Crippen LogP contribution in [0.2, 0.25) is 0 Å². The van der Waals surface area contributed by atoms with Crippen molar-refractivity contribution in [2.75, 3.05) is 11.9 Å². The molecule has 1 fully saturated rings. The third kappa shape index (κ3) is 2.58. The molecule has 2 rings (SSSR count). The van der Waals surface area contributed by atoms with Crippen LogP contribution in [0.3, 0.4) is 0 Å². The lowest BCUT2D eigenvalue weighted by Crippen LogP contribution is -2.50. The fourth-order valence-electron chi connectivity index (χ4n) is 2.32. The minimum atomic E-state index is -1.28. The normalized spacial score (nSPS) is 22.5. The second-order valence-corrected chi connectivity index (χ2v) is 4.67. The standard InChI is InChI=1S/C13H15F3N2O/c1-2-13(4-3-5-17-13)12(19)18-11-7-9(15)8(14)6-10(11)16/h6-7,17H,2-5H2,1H3,(H,18,19). The molecule has 1 aromatic carbocycles. The summed E-state index contributed by atoms with van der Waals surface area (Å²) < 4.78 is 39.3. The highest BCUT2D eigenvalue weighted by molar-refractivity contribution is 5.98. The first-order chi connectivity index (χ1) is 8.98. The summed E-state index contributed by atoms with van der Waals surface area (Å²) in [5, 5.41) is 5.41. The Kier molecular flexibility index (Phi) is 3.80. The number of amides is 1. The molecular weight excluding hydrogens is 257 g/mol. The van der Waals surface area contributed by atoms with E-state index in [1.54, 1.807) is 0 Å². The number of carbonyl (C=O) groups excluding carboxylic acids is 1. The second-order valence-electron chi connectivity index (χ2n) is 4.67. The Morgan fingerprint density at radius 2 is 2.00 bits per heavy atom. The summed E-state index contributed by atoms with van der Waals surface area (Å²) in [4.78, 5) is 12.2. The Labute approximate surface area is 109 Å². The van der Waals surface area contributed by atoms with Crippen molar-refractivity contribution in [2.24, 2.45) is 0 Å². The number of hydrogen-bond donors (Lipinski definition) is 2. The molecule has 3 nitrogen and oxygen atoms in total. The van der Waals surface area contributed by atoms with Crippen molar-refractivity contribution in [3.63, 3.8) is 0 Å². The zero-order valence-electron chi connectivity index (χ0n) is 10.5. The first-order valence-corrected chi connectivity index (χ1v) is 6.19. The molecule has 1 saturated heterocycles. The number of hydrogen-bond acceptors (Lipinski definition) is 2. The van der Waals surface area contributed by atoms with E-state index in [-0.39, 0.29) is 5.69 Å². The molecule has 1 amide bonds. The minimum Gasteiger partial charge on any atom is -0.322 e. The highest BCUT2D eigenvalue weighted by Gasteiger charge is 2.39. The predicted octanol–water partition coefficient (Wildman–Crippen LogP) is 2.57. The molecule has 2 N–H and O–H groups in total. The average molecular weight is 272 g/mol. The molecular formula is C13H15F3N2O. The third-order valence-corrected chi connectivity index (χ3v) is 3.54. The van der Waals surface area contributed by atoms with Gasteiger partial charge in [-0.1, -0.05) is 6.92 Å². The van der Waals surface area contributed by atoms with E-state index in [0.717, 1.165) is 6.42 Å². The van der Waals surface area contributed by atoms with E-state index in [1.165, 1.54) is 0 Å². The Morgan fingerprint density at radius 3 is 2.58 bits per heavy atom. The van der Waals surface area contributed by atoms with Gasteiger partial charge in [0.1, 0.15) is 5.82 Å². The van der Waals surface area contributed by atoms with Crippen molar-refractivity contribution in [1.82, 2.24) is 5.32 Å². The quantitative estimate of drug-likeness (QED) is 0.830. The molecule has 0 aromatic heterocycles. The van der Waals surface area contributed by atoms with E-state index < -0.39 is 28.9 Å². The zero-order chi connectivity index (χ0) is 14.0. The maximum absolute atomic E-state index is 13.5. The SMILES string of the molecule is CCC1(C(=O)Nc2cc(F)c(F)cc2F)CCCN1. The molecule has 0 spiro atoms. The van der Waals surface area contributed by atoms with Gasteiger partial charge in [-0.3, -0.25) is 4.79 Å². The van der Waals surface area contributed by atoms with Crippen molar-refractivity contribution in [1.29, 1.82) is 0 Å². The summed E-state index contributed by atoms with van der Waals surface area (Å²) in [5.74, 6) is -3.88. The van der Waals surface area contributed by atoms with Gasteiger partial charge in [-0.15, -0.1) is 0 Å². The number of carbonyl (C=O) groups is 1. The van der Waals surface area contributed by atoms with E-state index >= 15 is 0 Å².